The molecule has 0 spiro atoms. The van der Waals surface area contributed by atoms with E-state index in [1.54, 1.807) is 6.08 Å². The standard InChI is InChI=1S/C38H48N8O2/c1-42-19-8-12-31(42)28-48-38-40-34-27-44(35-14-7-11-29-10-3-4-13-32(29)35)23-17-33(34)37(41-38)45-24-25-46(30(26-45)16-18-39)36(47)15-9-22-43-20-5-2-6-21-43/h3-4,7,9-11,13-15,30-31H,2,5-6,8,12,16-17,19-28H2,1H3/b15-9+. The molecule has 0 bridgehead atoms. The summed E-state index contributed by atoms with van der Waals surface area (Å²) >= 11 is 0. The highest BCUT2D eigenvalue weighted by Gasteiger charge is 2.34. The zero-order valence-electron chi connectivity index (χ0n) is 28.3. The zero-order valence-corrected chi connectivity index (χ0v) is 28.3. The fourth-order valence-corrected chi connectivity index (χ4v) is 7.92. The quantitative estimate of drug-likeness (QED) is 0.308. The number of benzene rings is 2. The van der Waals surface area contributed by atoms with Crippen LogP contribution < -0.4 is 14.5 Å². The Morgan fingerprint density at radius 1 is 0.958 bits per heavy atom. The van der Waals surface area contributed by atoms with Crippen molar-refractivity contribution < 1.29 is 9.53 Å². The fraction of sp³-hybridized carbons (Fsp3) is 0.526. The lowest BCUT2D eigenvalue weighted by Gasteiger charge is -2.42. The van der Waals surface area contributed by atoms with Gasteiger partial charge in [-0.25, -0.2) is 0 Å². The molecule has 3 fully saturated rings. The Bertz CT molecular complexity index is 1660. The summed E-state index contributed by atoms with van der Waals surface area (Å²) < 4.78 is 6.36. The minimum atomic E-state index is -0.214. The molecular formula is C38H48N8O2. The van der Waals surface area contributed by atoms with Crippen LogP contribution in [-0.4, -0.2) is 109 Å². The molecule has 10 nitrogen and oxygen atoms in total. The molecule has 5 heterocycles. The number of carbonyl (C=O) groups is 1. The average Bonchev–Trinajstić information content (AvgIpc) is 3.54. The number of hydrogen-bond acceptors (Lipinski definition) is 9. The van der Waals surface area contributed by atoms with Crippen molar-refractivity contribution in [1.82, 2.24) is 24.7 Å². The van der Waals surface area contributed by atoms with Crippen molar-refractivity contribution in [1.29, 1.82) is 5.26 Å². The molecule has 0 saturated carbocycles. The van der Waals surface area contributed by atoms with Crippen molar-refractivity contribution in [2.45, 2.75) is 63.6 Å². The van der Waals surface area contributed by atoms with E-state index in [1.165, 1.54) is 42.1 Å². The molecule has 0 radical (unpaired) electrons. The number of ether oxygens (including phenoxy) is 1. The lowest BCUT2D eigenvalue weighted by atomic mass is 10.0. The van der Waals surface area contributed by atoms with Crippen molar-refractivity contribution in [3.8, 4) is 12.1 Å². The molecule has 1 amide bonds. The first-order chi connectivity index (χ1) is 23.6. The summed E-state index contributed by atoms with van der Waals surface area (Å²) in [4.78, 5) is 34.8. The maximum atomic E-state index is 13.4. The molecule has 7 rings (SSSR count). The molecule has 48 heavy (non-hydrogen) atoms. The van der Waals surface area contributed by atoms with Gasteiger partial charge in [-0.1, -0.05) is 48.9 Å². The maximum absolute atomic E-state index is 13.4. The van der Waals surface area contributed by atoms with E-state index in [4.69, 9.17) is 14.7 Å². The van der Waals surface area contributed by atoms with Crippen LogP contribution in [0.15, 0.2) is 54.6 Å². The van der Waals surface area contributed by atoms with Gasteiger partial charge in [0.15, 0.2) is 0 Å². The third kappa shape index (κ3) is 7.13. The van der Waals surface area contributed by atoms with Gasteiger partial charge >= 0.3 is 6.01 Å². The van der Waals surface area contributed by atoms with Gasteiger partial charge < -0.3 is 24.3 Å². The molecule has 4 aliphatic rings. The van der Waals surface area contributed by atoms with Gasteiger partial charge in [-0.15, -0.1) is 0 Å². The monoisotopic (exact) mass is 648 g/mol. The first kappa shape index (κ1) is 32.4. The van der Waals surface area contributed by atoms with Crippen molar-refractivity contribution in [2.75, 3.05) is 75.8 Å². The maximum Gasteiger partial charge on any atom is 0.318 e. The summed E-state index contributed by atoms with van der Waals surface area (Å²) in [6.07, 6.45) is 10.8. The van der Waals surface area contributed by atoms with E-state index >= 15 is 0 Å². The minimum absolute atomic E-state index is 0.00735. The summed E-state index contributed by atoms with van der Waals surface area (Å²) in [6.45, 7) is 7.91. The highest BCUT2D eigenvalue weighted by molar-refractivity contribution is 5.94. The number of nitriles is 1. The second-order valence-electron chi connectivity index (χ2n) is 13.8. The van der Waals surface area contributed by atoms with Gasteiger partial charge in [0.25, 0.3) is 0 Å². The van der Waals surface area contributed by atoms with Gasteiger partial charge in [0.1, 0.15) is 12.4 Å². The number of fused-ring (bicyclic) bond motifs is 2. The molecule has 3 aromatic rings. The third-order valence-electron chi connectivity index (χ3n) is 10.7. The SMILES string of the molecule is CN1CCCC1COc1nc2c(c(N3CCN(C(=O)/C=C/CN4CCCCC4)C(CC#N)C3)n1)CCN(c1cccc3ccccc13)C2. The highest BCUT2D eigenvalue weighted by atomic mass is 16.5. The molecule has 4 aliphatic heterocycles. The van der Waals surface area contributed by atoms with Crippen LogP contribution in [0, 0.1) is 11.3 Å². The molecule has 1 aromatic heterocycles. The van der Waals surface area contributed by atoms with Crippen molar-refractivity contribution >= 4 is 28.2 Å². The van der Waals surface area contributed by atoms with E-state index in [0.717, 1.165) is 62.6 Å². The van der Waals surface area contributed by atoms with Gasteiger partial charge in [0.05, 0.1) is 30.8 Å². The van der Waals surface area contributed by atoms with Gasteiger partial charge in [0, 0.05) is 61.5 Å². The largest absolute Gasteiger partial charge is 0.462 e. The van der Waals surface area contributed by atoms with E-state index in [2.05, 4.69) is 75.2 Å². The van der Waals surface area contributed by atoms with Crippen LogP contribution in [0.25, 0.3) is 10.8 Å². The number of likely N-dealkylation sites (tertiary alicyclic amines) is 2. The van der Waals surface area contributed by atoms with E-state index in [0.29, 0.717) is 44.8 Å². The van der Waals surface area contributed by atoms with Crippen molar-refractivity contribution in [3.05, 3.63) is 65.9 Å². The Morgan fingerprint density at radius 3 is 2.65 bits per heavy atom. The lowest BCUT2D eigenvalue weighted by Crippen LogP contribution is -2.55. The van der Waals surface area contributed by atoms with Crippen LogP contribution in [0.2, 0.25) is 0 Å². The van der Waals surface area contributed by atoms with Gasteiger partial charge in [-0.3, -0.25) is 9.69 Å². The molecule has 0 N–H and O–H groups in total. The average molecular weight is 649 g/mol. The number of rotatable bonds is 9. The predicted molar refractivity (Wildman–Crippen MR) is 189 cm³/mol. The van der Waals surface area contributed by atoms with Crippen LogP contribution in [0.3, 0.4) is 0 Å². The summed E-state index contributed by atoms with van der Waals surface area (Å²) in [6, 6.07) is 17.9. The second-order valence-corrected chi connectivity index (χ2v) is 13.8. The van der Waals surface area contributed by atoms with Gasteiger partial charge in [-0.2, -0.15) is 15.2 Å². The number of carbonyl (C=O) groups excluding carboxylic acids is 1. The Labute approximate surface area is 284 Å². The summed E-state index contributed by atoms with van der Waals surface area (Å²) in [5.74, 6) is 0.884. The molecule has 2 aromatic carbocycles. The predicted octanol–water partition coefficient (Wildman–Crippen LogP) is 4.64. The van der Waals surface area contributed by atoms with Crippen LogP contribution in [0.1, 0.15) is 49.8 Å². The van der Waals surface area contributed by atoms with E-state index in [1.807, 2.05) is 11.0 Å². The summed E-state index contributed by atoms with van der Waals surface area (Å²) in [5.41, 5.74) is 3.35. The van der Waals surface area contributed by atoms with Gasteiger partial charge in [0.2, 0.25) is 5.91 Å². The van der Waals surface area contributed by atoms with Crippen LogP contribution >= 0.6 is 0 Å². The number of piperidine rings is 1. The Morgan fingerprint density at radius 2 is 1.81 bits per heavy atom. The topological polar surface area (TPSA) is 92.1 Å². The Balaban J connectivity index is 1.13. The molecule has 0 aliphatic carbocycles. The number of likely N-dealkylation sites (N-methyl/N-ethyl adjacent to an activating group) is 1. The zero-order chi connectivity index (χ0) is 32.9. The van der Waals surface area contributed by atoms with Crippen molar-refractivity contribution in [2.24, 2.45) is 0 Å². The highest BCUT2D eigenvalue weighted by Crippen LogP contribution is 2.35. The van der Waals surface area contributed by atoms with Crippen LogP contribution in [0.5, 0.6) is 6.01 Å². The first-order valence-corrected chi connectivity index (χ1v) is 17.8. The van der Waals surface area contributed by atoms with E-state index in [9.17, 15) is 10.1 Å². The number of anilines is 2. The van der Waals surface area contributed by atoms with Crippen molar-refractivity contribution in [3.63, 3.8) is 0 Å². The molecule has 2 atom stereocenters. The normalized spacial score (nSPS) is 22.3. The number of nitrogens with zero attached hydrogens (tertiary/aromatic N) is 8. The summed E-state index contributed by atoms with van der Waals surface area (Å²) in [7, 11) is 2.15. The van der Waals surface area contributed by atoms with Crippen LogP contribution in [0.4, 0.5) is 11.5 Å². The minimum Gasteiger partial charge on any atom is -0.462 e. The lowest BCUT2D eigenvalue weighted by molar-refractivity contribution is -0.128. The third-order valence-corrected chi connectivity index (χ3v) is 10.7. The number of aromatic nitrogens is 2. The fourth-order valence-electron chi connectivity index (χ4n) is 7.92. The molecule has 252 valence electrons. The smallest absolute Gasteiger partial charge is 0.318 e. The Kier molecular flexibility index (Phi) is 10.1. The first-order valence-electron chi connectivity index (χ1n) is 17.8. The summed E-state index contributed by atoms with van der Waals surface area (Å²) in [5, 5.41) is 12.2. The molecule has 10 heteroatoms. The second kappa shape index (κ2) is 14.9. The number of piperazine rings is 1. The Hall–Kier alpha value is -4.20. The molecule has 3 saturated heterocycles. The number of amides is 1. The molecular weight excluding hydrogens is 600 g/mol. The van der Waals surface area contributed by atoms with Gasteiger partial charge in [-0.05, 0) is 70.2 Å². The van der Waals surface area contributed by atoms with E-state index in [-0.39, 0.29) is 18.4 Å². The number of hydrogen-bond donors (Lipinski definition) is 0. The molecule has 2 unspecified atom stereocenters. The van der Waals surface area contributed by atoms with E-state index < -0.39 is 0 Å². The van der Waals surface area contributed by atoms with Crippen LogP contribution in [-0.2, 0) is 17.8 Å².